The van der Waals surface area contributed by atoms with Crippen molar-refractivity contribution >= 4 is 16.7 Å². The van der Waals surface area contributed by atoms with Crippen LogP contribution in [0.25, 0.3) is 16.7 Å². The molecule has 27 heavy (non-hydrogen) atoms. The lowest BCUT2D eigenvalue weighted by Crippen LogP contribution is -1.93. The molecule has 0 heteroatoms. The second-order valence-electron chi connectivity index (χ2n) is 6.92. The summed E-state index contributed by atoms with van der Waals surface area (Å²) in [4.78, 5) is 0. The van der Waals surface area contributed by atoms with E-state index in [1.165, 1.54) is 46.3 Å². The summed E-state index contributed by atoms with van der Waals surface area (Å²) >= 11 is 0. The Balaban J connectivity index is 2.18. The van der Waals surface area contributed by atoms with E-state index in [0.29, 0.717) is 0 Å². The van der Waals surface area contributed by atoms with E-state index in [0.717, 1.165) is 6.42 Å². The minimum absolute atomic E-state index is 1.09. The molecule has 0 amide bonds. The second-order valence-corrected chi connectivity index (χ2v) is 6.92. The molecule has 0 aliphatic carbocycles. The monoisotopic (exact) mass is 352 g/mol. The lowest BCUT2D eigenvalue weighted by Gasteiger charge is -2.15. The van der Waals surface area contributed by atoms with Gasteiger partial charge in [0.2, 0.25) is 0 Å². The number of benzene rings is 3. The van der Waals surface area contributed by atoms with E-state index in [4.69, 9.17) is 0 Å². The van der Waals surface area contributed by atoms with Crippen LogP contribution < -0.4 is 0 Å². The molecule has 0 heterocycles. The molecule has 0 aliphatic heterocycles. The molecule has 0 bridgehead atoms. The van der Waals surface area contributed by atoms with Crippen molar-refractivity contribution in [1.82, 2.24) is 0 Å². The van der Waals surface area contributed by atoms with Crippen LogP contribution in [-0.4, -0.2) is 0 Å². The highest BCUT2D eigenvalue weighted by atomic mass is 14.1. The van der Waals surface area contributed by atoms with Gasteiger partial charge in [0.05, 0.1) is 0 Å². The van der Waals surface area contributed by atoms with Gasteiger partial charge in [0.1, 0.15) is 0 Å². The van der Waals surface area contributed by atoms with Gasteiger partial charge in [-0.2, -0.15) is 0 Å². The summed E-state index contributed by atoms with van der Waals surface area (Å²) in [7, 11) is 0. The number of rotatable bonds is 7. The Kier molecular flexibility index (Phi) is 6.82. The van der Waals surface area contributed by atoms with Gasteiger partial charge in [-0.15, -0.1) is 0 Å². The fourth-order valence-corrected chi connectivity index (χ4v) is 3.39. The third kappa shape index (κ3) is 5.08. The maximum atomic E-state index is 2.36. The van der Waals surface area contributed by atoms with Crippen LogP contribution in [0.4, 0.5) is 0 Å². The Hall–Kier alpha value is -2.86. The van der Waals surface area contributed by atoms with Crippen molar-refractivity contribution in [1.29, 1.82) is 0 Å². The van der Waals surface area contributed by atoms with Crippen LogP contribution in [0, 0.1) is 0 Å². The fourth-order valence-electron chi connectivity index (χ4n) is 3.39. The topological polar surface area (TPSA) is 0 Å². The van der Waals surface area contributed by atoms with Crippen LogP contribution in [0.1, 0.15) is 49.8 Å². The molecular formula is C27H28. The molecule has 0 atom stereocenters. The van der Waals surface area contributed by atoms with E-state index >= 15 is 0 Å². The van der Waals surface area contributed by atoms with Crippen LogP contribution in [0.3, 0.4) is 0 Å². The first-order valence-corrected chi connectivity index (χ1v) is 9.87. The predicted octanol–water partition coefficient (Wildman–Crippen LogP) is 7.89. The van der Waals surface area contributed by atoms with Crippen molar-refractivity contribution in [3.63, 3.8) is 0 Å². The zero-order valence-corrected chi connectivity index (χ0v) is 16.4. The van der Waals surface area contributed by atoms with E-state index in [1.54, 1.807) is 0 Å². The van der Waals surface area contributed by atoms with E-state index in [2.05, 4.69) is 111 Å². The van der Waals surface area contributed by atoms with Gasteiger partial charge < -0.3 is 0 Å². The number of allylic oxidation sites excluding steroid dienone is 4. The highest BCUT2D eigenvalue weighted by molar-refractivity contribution is 5.98. The first kappa shape index (κ1) is 18.9. The van der Waals surface area contributed by atoms with Gasteiger partial charge >= 0.3 is 0 Å². The average molecular weight is 353 g/mol. The number of hydrogen-bond acceptors (Lipinski definition) is 0. The first-order chi connectivity index (χ1) is 13.3. The Morgan fingerprint density at radius 3 is 1.67 bits per heavy atom. The molecule has 0 aliphatic rings. The lowest BCUT2D eigenvalue weighted by atomic mass is 9.89. The largest absolute Gasteiger partial charge is 0.0654 e. The van der Waals surface area contributed by atoms with Crippen molar-refractivity contribution in [3.8, 4) is 0 Å². The summed E-state index contributed by atoms with van der Waals surface area (Å²) in [5.74, 6) is 0. The molecule has 0 nitrogen and oxygen atoms in total. The van der Waals surface area contributed by atoms with Crippen LogP contribution >= 0.6 is 0 Å². The molecule has 3 aromatic rings. The normalized spacial score (nSPS) is 12.6. The minimum Gasteiger partial charge on any atom is -0.0654 e. The SMILES string of the molecule is CCCC/C(=C(/C=C(\C)c1ccccc1)c1ccccc1)c1ccccc1. The standard InChI is InChI=1S/C27H28/c1-3-4-20-26(24-16-10-6-11-17-24)27(25-18-12-7-13-19-25)21-22(2)23-14-8-5-9-15-23/h5-19,21H,3-4,20H2,1-2H3/b22-21+,27-26+. The fraction of sp³-hybridized carbons (Fsp3) is 0.185. The van der Waals surface area contributed by atoms with Crippen LogP contribution in [0.5, 0.6) is 0 Å². The predicted molar refractivity (Wildman–Crippen MR) is 119 cm³/mol. The zero-order chi connectivity index (χ0) is 18.9. The van der Waals surface area contributed by atoms with Crippen molar-refractivity contribution < 1.29 is 0 Å². The smallest absolute Gasteiger partial charge is 0.0143 e. The Morgan fingerprint density at radius 1 is 0.667 bits per heavy atom. The van der Waals surface area contributed by atoms with Gasteiger partial charge in [0, 0.05) is 0 Å². The summed E-state index contributed by atoms with van der Waals surface area (Å²) in [5.41, 5.74) is 7.92. The third-order valence-electron chi connectivity index (χ3n) is 4.90. The molecule has 0 N–H and O–H groups in total. The van der Waals surface area contributed by atoms with E-state index in [1.807, 2.05) is 0 Å². The highest BCUT2D eigenvalue weighted by Crippen LogP contribution is 2.33. The maximum Gasteiger partial charge on any atom is -0.0143 e. The number of hydrogen-bond donors (Lipinski definition) is 0. The average Bonchev–Trinajstić information content (AvgIpc) is 2.75. The Labute approximate surface area is 163 Å². The van der Waals surface area contributed by atoms with Crippen molar-refractivity contribution in [2.75, 3.05) is 0 Å². The molecule has 0 fully saturated rings. The summed E-state index contributed by atoms with van der Waals surface area (Å²) in [6.07, 6.45) is 5.84. The van der Waals surface area contributed by atoms with Crippen molar-refractivity contribution in [2.24, 2.45) is 0 Å². The molecule has 0 spiro atoms. The molecule has 3 rings (SSSR count). The summed E-state index contributed by atoms with van der Waals surface area (Å²) < 4.78 is 0. The second kappa shape index (κ2) is 9.73. The first-order valence-electron chi connectivity index (χ1n) is 9.87. The molecule has 0 unspecified atom stereocenters. The molecule has 3 aromatic carbocycles. The lowest BCUT2D eigenvalue weighted by molar-refractivity contribution is 0.825. The van der Waals surface area contributed by atoms with Gasteiger partial charge in [-0.3, -0.25) is 0 Å². The van der Waals surface area contributed by atoms with Crippen LogP contribution in [-0.2, 0) is 0 Å². The zero-order valence-electron chi connectivity index (χ0n) is 16.4. The molecular weight excluding hydrogens is 324 g/mol. The Morgan fingerprint density at radius 2 is 1.15 bits per heavy atom. The van der Waals surface area contributed by atoms with Gasteiger partial charge in [0.25, 0.3) is 0 Å². The van der Waals surface area contributed by atoms with Crippen LogP contribution in [0.2, 0.25) is 0 Å². The van der Waals surface area contributed by atoms with E-state index < -0.39 is 0 Å². The summed E-state index contributed by atoms with van der Waals surface area (Å²) in [6, 6.07) is 32.3. The molecule has 0 aromatic heterocycles. The molecule has 0 saturated heterocycles. The van der Waals surface area contributed by atoms with Crippen molar-refractivity contribution in [2.45, 2.75) is 33.1 Å². The van der Waals surface area contributed by atoms with Crippen LogP contribution in [0.15, 0.2) is 97.1 Å². The number of unbranched alkanes of at least 4 members (excludes halogenated alkanes) is 1. The van der Waals surface area contributed by atoms with Crippen molar-refractivity contribution in [3.05, 3.63) is 114 Å². The molecule has 0 radical (unpaired) electrons. The maximum absolute atomic E-state index is 2.36. The van der Waals surface area contributed by atoms with Gasteiger partial charge in [-0.1, -0.05) is 110 Å². The van der Waals surface area contributed by atoms with Gasteiger partial charge in [0.15, 0.2) is 0 Å². The highest BCUT2D eigenvalue weighted by Gasteiger charge is 2.10. The summed E-state index contributed by atoms with van der Waals surface area (Å²) in [6.45, 7) is 4.47. The third-order valence-corrected chi connectivity index (χ3v) is 4.90. The molecule has 0 saturated carbocycles. The molecule has 136 valence electrons. The van der Waals surface area contributed by atoms with Gasteiger partial charge in [-0.05, 0) is 53.2 Å². The quantitative estimate of drug-likeness (QED) is 0.299. The minimum atomic E-state index is 1.09. The van der Waals surface area contributed by atoms with E-state index in [-0.39, 0.29) is 0 Å². The summed E-state index contributed by atoms with van der Waals surface area (Å²) in [5, 5.41) is 0. The Bertz CT molecular complexity index is 885. The van der Waals surface area contributed by atoms with E-state index in [9.17, 15) is 0 Å². The van der Waals surface area contributed by atoms with Gasteiger partial charge in [-0.25, -0.2) is 0 Å².